The highest BCUT2D eigenvalue weighted by atomic mass is 35.5. The number of hydrogen-bond donors (Lipinski definition) is 2. The third kappa shape index (κ3) is 4.40. The first-order valence-corrected chi connectivity index (χ1v) is 8.53. The minimum atomic E-state index is -3.63. The summed E-state index contributed by atoms with van der Waals surface area (Å²) >= 11 is 5.99. The second kappa shape index (κ2) is 6.62. The first-order chi connectivity index (χ1) is 9.51. The Balaban J connectivity index is 3.12. The van der Waals surface area contributed by atoms with E-state index in [-0.39, 0.29) is 17.0 Å². The van der Waals surface area contributed by atoms with Crippen LogP contribution in [0.15, 0.2) is 17.0 Å². The molecule has 1 aromatic rings. The SMILES string of the molecule is Cc1c(CN)cc(Cl)cc1S(=O)(=O)NCC(C)(C)N(C)C. The first kappa shape index (κ1) is 18.4. The Labute approximate surface area is 132 Å². The number of nitrogens with two attached hydrogens (primary N) is 1. The molecular weight excluding hydrogens is 310 g/mol. The Bertz CT molecular complexity index is 613. The number of halogens is 1. The maximum absolute atomic E-state index is 12.5. The van der Waals surface area contributed by atoms with Crippen LogP contribution in [0.4, 0.5) is 0 Å². The van der Waals surface area contributed by atoms with Crippen LogP contribution in [0.25, 0.3) is 0 Å². The van der Waals surface area contributed by atoms with E-state index in [1.165, 1.54) is 6.07 Å². The van der Waals surface area contributed by atoms with E-state index in [1.54, 1.807) is 13.0 Å². The van der Waals surface area contributed by atoms with Gasteiger partial charge in [-0.05, 0) is 58.1 Å². The molecule has 0 saturated heterocycles. The maximum Gasteiger partial charge on any atom is 0.240 e. The van der Waals surface area contributed by atoms with Crippen molar-refractivity contribution < 1.29 is 8.42 Å². The molecule has 0 amide bonds. The van der Waals surface area contributed by atoms with Gasteiger partial charge in [0.1, 0.15) is 0 Å². The predicted molar refractivity (Wildman–Crippen MR) is 87.0 cm³/mol. The monoisotopic (exact) mass is 333 g/mol. The Morgan fingerprint density at radius 3 is 2.38 bits per heavy atom. The second-order valence-corrected chi connectivity index (χ2v) is 8.10. The van der Waals surface area contributed by atoms with Crippen molar-refractivity contribution in [3.63, 3.8) is 0 Å². The largest absolute Gasteiger partial charge is 0.326 e. The molecule has 5 nitrogen and oxygen atoms in total. The zero-order chi connectivity index (χ0) is 16.4. The lowest BCUT2D eigenvalue weighted by molar-refractivity contribution is 0.199. The normalized spacial score (nSPS) is 13.0. The number of nitrogens with zero attached hydrogens (tertiary/aromatic N) is 1. The minimum absolute atomic E-state index is 0.185. The molecule has 0 radical (unpaired) electrons. The second-order valence-electron chi connectivity index (χ2n) is 5.92. The third-order valence-corrected chi connectivity index (χ3v) is 5.59. The quantitative estimate of drug-likeness (QED) is 0.831. The molecule has 0 spiro atoms. The van der Waals surface area contributed by atoms with Crippen molar-refractivity contribution in [1.29, 1.82) is 0 Å². The van der Waals surface area contributed by atoms with Gasteiger partial charge in [-0.15, -0.1) is 0 Å². The van der Waals surface area contributed by atoms with Gasteiger partial charge in [0.05, 0.1) is 4.90 Å². The van der Waals surface area contributed by atoms with Gasteiger partial charge in [0.15, 0.2) is 0 Å². The molecule has 1 aromatic carbocycles. The summed E-state index contributed by atoms with van der Waals surface area (Å²) in [6, 6.07) is 3.15. The van der Waals surface area contributed by atoms with Crippen LogP contribution >= 0.6 is 11.6 Å². The molecule has 0 fully saturated rings. The topological polar surface area (TPSA) is 75.4 Å². The average Bonchev–Trinajstić information content (AvgIpc) is 2.38. The molecule has 0 aliphatic rings. The van der Waals surface area contributed by atoms with Gasteiger partial charge >= 0.3 is 0 Å². The smallest absolute Gasteiger partial charge is 0.240 e. The van der Waals surface area contributed by atoms with E-state index in [4.69, 9.17) is 17.3 Å². The van der Waals surface area contributed by atoms with Gasteiger partial charge in [0.25, 0.3) is 0 Å². The molecule has 0 bridgehead atoms. The predicted octanol–water partition coefficient (Wildman–Crippen LogP) is 1.73. The van der Waals surface area contributed by atoms with Crippen LogP contribution in [-0.2, 0) is 16.6 Å². The van der Waals surface area contributed by atoms with Gasteiger partial charge in [-0.2, -0.15) is 0 Å². The van der Waals surface area contributed by atoms with Crippen molar-refractivity contribution in [2.75, 3.05) is 20.6 Å². The summed E-state index contributed by atoms with van der Waals surface area (Å²) in [5.74, 6) is 0. The Hall–Kier alpha value is -0.660. The summed E-state index contributed by atoms with van der Waals surface area (Å²) in [6.45, 7) is 6.21. The van der Waals surface area contributed by atoms with Crippen molar-refractivity contribution in [2.45, 2.75) is 37.8 Å². The van der Waals surface area contributed by atoms with Crippen LogP contribution in [0.2, 0.25) is 5.02 Å². The highest BCUT2D eigenvalue weighted by Gasteiger charge is 2.25. The Morgan fingerprint density at radius 2 is 1.90 bits per heavy atom. The molecule has 0 unspecified atom stereocenters. The number of nitrogens with one attached hydrogen (secondary N) is 1. The van der Waals surface area contributed by atoms with E-state index in [9.17, 15) is 8.42 Å². The molecule has 0 saturated carbocycles. The molecule has 0 aromatic heterocycles. The molecule has 7 heteroatoms. The fourth-order valence-electron chi connectivity index (χ4n) is 1.71. The zero-order valence-corrected chi connectivity index (χ0v) is 14.8. The molecular formula is C14H24ClN3O2S. The molecule has 1 rings (SSSR count). The summed E-state index contributed by atoms with van der Waals surface area (Å²) < 4.78 is 27.7. The molecule has 0 heterocycles. The van der Waals surface area contributed by atoms with Crippen LogP contribution in [0.1, 0.15) is 25.0 Å². The van der Waals surface area contributed by atoms with Gasteiger partial charge in [-0.25, -0.2) is 13.1 Å². The van der Waals surface area contributed by atoms with Crippen LogP contribution in [-0.4, -0.2) is 39.5 Å². The van der Waals surface area contributed by atoms with Crippen molar-refractivity contribution in [2.24, 2.45) is 5.73 Å². The fourth-order valence-corrected chi connectivity index (χ4v) is 3.53. The minimum Gasteiger partial charge on any atom is -0.326 e. The van der Waals surface area contributed by atoms with Gasteiger partial charge in [-0.1, -0.05) is 11.6 Å². The van der Waals surface area contributed by atoms with E-state index in [0.29, 0.717) is 17.1 Å². The van der Waals surface area contributed by atoms with Crippen molar-refractivity contribution in [3.8, 4) is 0 Å². The van der Waals surface area contributed by atoms with Crippen LogP contribution < -0.4 is 10.5 Å². The van der Waals surface area contributed by atoms with Crippen molar-refractivity contribution in [1.82, 2.24) is 9.62 Å². The molecule has 120 valence electrons. The lowest BCUT2D eigenvalue weighted by Crippen LogP contribution is -2.48. The van der Waals surface area contributed by atoms with Gasteiger partial charge in [-0.3, -0.25) is 0 Å². The number of sulfonamides is 1. The fraction of sp³-hybridized carbons (Fsp3) is 0.571. The maximum atomic E-state index is 12.5. The molecule has 0 aliphatic carbocycles. The van der Waals surface area contributed by atoms with Crippen molar-refractivity contribution >= 4 is 21.6 Å². The summed E-state index contributed by atoms with van der Waals surface area (Å²) in [4.78, 5) is 2.15. The average molecular weight is 334 g/mol. The molecule has 0 atom stereocenters. The van der Waals surface area contributed by atoms with E-state index in [0.717, 1.165) is 5.56 Å². The molecule has 21 heavy (non-hydrogen) atoms. The number of benzene rings is 1. The van der Waals surface area contributed by atoms with Gasteiger partial charge in [0.2, 0.25) is 10.0 Å². The summed E-state index contributed by atoms with van der Waals surface area (Å²) in [7, 11) is 0.187. The third-order valence-electron chi connectivity index (χ3n) is 3.85. The van der Waals surface area contributed by atoms with E-state index >= 15 is 0 Å². The summed E-state index contributed by atoms with van der Waals surface area (Å²) in [6.07, 6.45) is 0. The summed E-state index contributed by atoms with van der Waals surface area (Å²) in [5.41, 5.74) is 6.71. The number of rotatable bonds is 6. The Morgan fingerprint density at radius 1 is 1.33 bits per heavy atom. The standard InChI is InChI=1S/C14H24ClN3O2S/c1-10-11(8-16)6-12(15)7-13(10)21(19,20)17-9-14(2,3)18(4)5/h6-7,17H,8-9,16H2,1-5H3. The molecule has 3 N–H and O–H groups in total. The van der Waals surface area contributed by atoms with Gasteiger partial charge < -0.3 is 10.6 Å². The van der Waals surface area contributed by atoms with Crippen molar-refractivity contribution in [3.05, 3.63) is 28.3 Å². The highest BCUT2D eigenvalue weighted by Crippen LogP contribution is 2.24. The first-order valence-electron chi connectivity index (χ1n) is 6.67. The highest BCUT2D eigenvalue weighted by molar-refractivity contribution is 7.89. The van der Waals surface area contributed by atoms with E-state index < -0.39 is 10.0 Å². The van der Waals surface area contributed by atoms with Crippen LogP contribution in [0.5, 0.6) is 0 Å². The zero-order valence-electron chi connectivity index (χ0n) is 13.2. The van der Waals surface area contributed by atoms with E-state index in [1.807, 2.05) is 32.8 Å². The van der Waals surface area contributed by atoms with Crippen LogP contribution in [0.3, 0.4) is 0 Å². The molecule has 0 aliphatic heterocycles. The van der Waals surface area contributed by atoms with Crippen LogP contribution in [0, 0.1) is 6.92 Å². The summed E-state index contributed by atoms with van der Waals surface area (Å²) in [5, 5.41) is 0.369. The Kier molecular flexibility index (Phi) is 5.80. The van der Waals surface area contributed by atoms with E-state index in [2.05, 4.69) is 4.72 Å². The lowest BCUT2D eigenvalue weighted by atomic mass is 10.1. The van der Waals surface area contributed by atoms with Gasteiger partial charge in [0, 0.05) is 23.7 Å². The lowest BCUT2D eigenvalue weighted by Gasteiger charge is -2.32. The number of hydrogen-bond acceptors (Lipinski definition) is 4. The number of likely N-dealkylation sites (N-methyl/N-ethyl adjacent to an activating group) is 1.